The molecule has 1 rings (SSSR count). The maximum absolute atomic E-state index is 11.3. The van der Waals surface area contributed by atoms with Gasteiger partial charge in [0.15, 0.2) is 0 Å². The minimum absolute atomic E-state index is 0.311. The molecular formula is C9H17N3O3S. The van der Waals surface area contributed by atoms with Gasteiger partial charge in [-0.05, 0) is 13.3 Å². The monoisotopic (exact) mass is 247 g/mol. The number of hydrogen-bond donors (Lipinski definition) is 2. The molecule has 92 valence electrons. The Hall–Kier alpha value is -0.920. The van der Waals surface area contributed by atoms with E-state index in [1.54, 1.807) is 13.0 Å². The normalized spacial score (nSPS) is 11.9. The van der Waals surface area contributed by atoms with Gasteiger partial charge < -0.3 is 4.52 Å². The Bertz CT molecular complexity index is 413. The molecule has 0 amide bonds. The Morgan fingerprint density at radius 1 is 1.38 bits per heavy atom. The van der Waals surface area contributed by atoms with E-state index in [0.29, 0.717) is 19.5 Å². The molecule has 0 saturated carbocycles. The number of aryl methyl sites for hydroxylation is 1. The lowest BCUT2D eigenvalue weighted by Gasteiger charge is -2.05. The molecule has 0 spiro atoms. The molecule has 1 aromatic rings. The Kier molecular flexibility index (Phi) is 4.91. The van der Waals surface area contributed by atoms with Gasteiger partial charge >= 0.3 is 0 Å². The first-order valence-corrected chi connectivity index (χ1v) is 6.68. The van der Waals surface area contributed by atoms with Crippen molar-refractivity contribution in [2.24, 2.45) is 0 Å². The van der Waals surface area contributed by atoms with Crippen molar-refractivity contribution in [3.63, 3.8) is 0 Å². The van der Waals surface area contributed by atoms with Gasteiger partial charge in [-0.1, -0.05) is 12.1 Å². The van der Waals surface area contributed by atoms with E-state index in [2.05, 4.69) is 14.6 Å². The summed E-state index contributed by atoms with van der Waals surface area (Å²) < 4.78 is 32.4. The van der Waals surface area contributed by atoms with Crippen LogP contribution in [0.15, 0.2) is 10.6 Å². The van der Waals surface area contributed by atoms with Crippen LogP contribution in [0.4, 0.5) is 0 Å². The smallest absolute Gasteiger partial charge is 0.276 e. The lowest BCUT2D eigenvalue weighted by Crippen LogP contribution is -2.37. The van der Waals surface area contributed by atoms with Crippen LogP contribution in [-0.2, 0) is 16.6 Å². The summed E-state index contributed by atoms with van der Waals surface area (Å²) >= 11 is 0. The van der Waals surface area contributed by atoms with Crippen molar-refractivity contribution in [1.29, 1.82) is 0 Å². The molecule has 0 atom stereocenters. The number of nitrogens with one attached hydrogen (secondary N) is 2. The van der Waals surface area contributed by atoms with Crippen LogP contribution in [-0.4, -0.2) is 26.7 Å². The third kappa shape index (κ3) is 4.73. The van der Waals surface area contributed by atoms with Crippen molar-refractivity contribution in [1.82, 2.24) is 14.6 Å². The van der Waals surface area contributed by atoms with E-state index < -0.39 is 10.2 Å². The van der Waals surface area contributed by atoms with Crippen molar-refractivity contribution < 1.29 is 12.9 Å². The van der Waals surface area contributed by atoms with E-state index in [1.165, 1.54) is 0 Å². The number of aromatic nitrogens is 1. The zero-order valence-electron chi connectivity index (χ0n) is 9.49. The van der Waals surface area contributed by atoms with Crippen LogP contribution in [0.3, 0.4) is 0 Å². The van der Waals surface area contributed by atoms with Crippen molar-refractivity contribution in [3.8, 4) is 0 Å². The van der Waals surface area contributed by atoms with Crippen molar-refractivity contribution in [2.75, 3.05) is 13.1 Å². The van der Waals surface area contributed by atoms with Gasteiger partial charge in [0.05, 0.1) is 5.69 Å². The van der Waals surface area contributed by atoms with E-state index >= 15 is 0 Å². The number of nitrogens with zero attached hydrogens (tertiary/aromatic N) is 1. The van der Waals surface area contributed by atoms with Gasteiger partial charge in [0.25, 0.3) is 10.2 Å². The predicted molar refractivity (Wildman–Crippen MR) is 60.2 cm³/mol. The first-order chi connectivity index (χ1) is 7.53. The van der Waals surface area contributed by atoms with Crippen molar-refractivity contribution in [2.45, 2.75) is 26.7 Å². The fourth-order valence-electron chi connectivity index (χ4n) is 1.14. The highest BCUT2D eigenvalue weighted by Crippen LogP contribution is 2.01. The van der Waals surface area contributed by atoms with Gasteiger partial charge in [0.2, 0.25) is 0 Å². The fourth-order valence-corrected chi connectivity index (χ4v) is 2.08. The van der Waals surface area contributed by atoms with E-state index in [4.69, 9.17) is 4.52 Å². The Morgan fingerprint density at radius 3 is 2.62 bits per heavy atom. The quantitative estimate of drug-likeness (QED) is 0.728. The molecule has 0 aromatic carbocycles. The number of hydrogen-bond acceptors (Lipinski definition) is 4. The van der Waals surface area contributed by atoms with Gasteiger partial charge in [-0.2, -0.15) is 8.42 Å². The summed E-state index contributed by atoms with van der Waals surface area (Å²) in [7, 11) is -3.37. The van der Waals surface area contributed by atoms with Gasteiger partial charge in [0.1, 0.15) is 5.76 Å². The van der Waals surface area contributed by atoms with Gasteiger partial charge in [-0.15, -0.1) is 0 Å². The molecule has 1 heterocycles. The topological polar surface area (TPSA) is 84.2 Å². The lowest BCUT2D eigenvalue weighted by molar-refractivity contribution is 0.390. The molecule has 0 bridgehead atoms. The lowest BCUT2D eigenvalue weighted by atomic mass is 10.3. The average molecular weight is 247 g/mol. The minimum Gasteiger partial charge on any atom is -0.361 e. The molecule has 16 heavy (non-hydrogen) atoms. The highest BCUT2D eigenvalue weighted by molar-refractivity contribution is 7.87. The summed E-state index contributed by atoms with van der Waals surface area (Å²) in [5.74, 6) is 0.724. The second-order valence-corrected chi connectivity index (χ2v) is 5.06. The van der Waals surface area contributed by atoms with E-state index in [-0.39, 0.29) is 0 Å². The molecule has 6 nitrogen and oxygen atoms in total. The molecule has 0 aliphatic heterocycles. The predicted octanol–water partition coefficient (Wildman–Crippen LogP) is 0.360. The first-order valence-electron chi connectivity index (χ1n) is 5.20. The largest absolute Gasteiger partial charge is 0.361 e. The van der Waals surface area contributed by atoms with Gasteiger partial charge in [-0.3, -0.25) is 0 Å². The molecule has 0 aliphatic rings. The third-order valence-corrected chi connectivity index (χ3v) is 3.06. The second kappa shape index (κ2) is 5.97. The zero-order valence-corrected chi connectivity index (χ0v) is 10.3. The zero-order chi connectivity index (χ0) is 12.0. The van der Waals surface area contributed by atoms with Crippen molar-refractivity contribution in [3.05, 3.63) is 17.5 Å². The molecule has 0 saturated heterocycles. The van der Waals surface area contributed by atoms with E-state index in [0.717, 1.165) is 17.9 Å². The molecule has 0 aliphatic carbocycles. The van der Waals surface area contributed by atoms with Crippen LogP contribution in [0, 0.1) is 6.92 Å². The summed E-state index contributed by atoms with van der Waals surface area (Å²) in [6.07, 6.45) is 1.29. The summed E-state index contributed by atoms with van der Waals surface area (Å²) in [5.41, 5.74) is 0.746. The summed E-state index contributed by atoms with van der Waals surface area (Å²) in [4.78, 5) is 0. The SMILES string of the molecule is CCCNS(=O)(=O)NCCc1cc(C)on1. The van der Waals surface area contributed by atoms with Crippen LogP contribution in [0.2, 0.25) is 0 Å². The maximum Gasteiger partial charge on any atom is 0.276 e. The Labute approximate surface area is 95.6 Å². The van der Waals surface area contributed by atoms with Gasteiger partial charge in [0, 0.05) is 25.6 Å². The Balaban J connectivity index is 2.29. The molecular weight excluding hydrogens is 230 g/mol. The van der Waals surface area contributed by atoms with Crippen LogP contribution >= 0.6 is 0 Å². The number of rotatable bonds is 7. The molecule has 2 N–H and O–H groups in total. The third-order valence-electron chi connectivity index (χ3n) is 1.89. The molecule has 1 aromatic heterocycles. The highest BCUT2D eigenvalue weighted by Gasteiger charge is 2.08. The minimum atomic E-state index is -3.37. The fraction of sp³-hybridized carbons (Fsp3) is 0.667. The summed E-state index contributed by atoms with van der Waals surface area (Å²) in [6.45, 7) is 4.45. The van der Waals surface area contributed by atoms with Gasteiger partial charge in [-0.25, -0.2) is 9.44 Å². The summed E-state index contributed by atoms with van der Waals surface area (Å²) in [6, 6.07) is 1.79. The molecule has 0 unspecified atom stereocenters. The van der Waals surface area contributed by atoms with Crippen LogP contribution in [0.25, 0.3) is 0 Å². The van der Waals surface area contributed by atoms with Crippen LogP contribution in [0.5, 0.6) is 0 Å². The molecule has 0 radical (unpaired) electrons. The first kappa shape index (κ1) is 13.1. The average Bonchev–Trinajstić information content (AvgIpc) is 2.61. The molecule has 7 heteroatoms. The maximum atomic E-state index is 11.3. The van der Waals surface area contributed by atoms with Crippen LogP contribution in [0.1, 0.15) is 24.8 Å². The van der Waals surface area contributed by atoms with Crippen LogP contribution < -0.4 is 9.44 Å². The highest BCUT2D eigenvalue weighted by atomic mass is 32.2. The molecule has 0 fully saturated rings. The van der Waals surface area contributed by atoms with E-state index in [1.807, 2.05) is 6.92 Å². The summed E-state index contributed by atoms with van der Waals surface area (Å²) in [5, 5.41) is 3.77. The standard InChI is InChI=1S/C9H17N3O3S/c1-3-5-10-16(13,14)11-6-4-9-7-8(2)15-12-9/h7,10-11H,3-6H2,1-2H3. The second-order valence-electron chi connectivity index (χ2n) is 3.47. The van der Waals surface area contributed by atoms with Crippen molar-refractivity contribution >= 4 is 10.2 Å². The Morgan fingerprint density at radius 2 is 2.06 bits per heavy atom. The van der Waals surface area contributed by atoms with E-state index in [9.17, 15) is 8.42 Å².